The lowest BCUT2D eigenvalue weighted by molar-refractivity contribution is -0.658. The molecular weight excluding hydrogens is 378 g/mol. The second-order valence-electron chi connectivity index (χ2n) is 7.54. The Kier molecular flexibility index (Phi) is 5.18. The van der Waals surface area contributed by atoms with E-state index in [1.165, 1.54) is 4.40 Å². The van der Waals surface area contributed by atoms with Gasteiger partial charge in [0.2, 0.25) is 11.5 Å². The van der Waals surface area contributed by atoms with Crippen molar-refractivity contribution in [2.75, 3.05) is 5.73 Å². The first-order chi connectivity index (χ1) is 14.5. The highest BCUT2D eigenvalue weighted by atomic mass is 16.2. The number of hydrogen-bond donors (Lipinski definition) is 2. The summed E-state index contributed by atoms with van der Waals surface area (Å²) in [6.45, 7) is 4.25. The zero-order chi connectivity index (χ0) is 21.3. The van der Waals surface area contributed by atoms with Crippen molar-refractivity contribution in [1.82, 2.24) is 14.7 Å². The summed E-state index contributed by atoms with van der Waals surface area (Å²) in [6.07, 6.45) is 2.36. The van der Waals surface area contributed by atoms with Crippen LogP contribution in [0.4, 0.5) is 5.82 Å². The van der Waals surface area contributed by atoms with E-state index in [2.05, 4.69) is 10.3 Å². The number of carbonyl (C=O) groups is 1. The van der Waals surface area contributed by atoms with Gasteiger partial charge in [0, 0.05) is 18.7 Å². The van der Waals surface area contributed by atoms with Gasteiger partial charge in [0.05, 0.1) is 6.54 Å². The highest BCUT2D eigenvalue weighted by molar-refractivity contribution is 6.00. The molecule has 7 nitrogen and oxygen atoms in total. The first-order valence-corrected chi connectivity index (χ1v) is 9.94. The number of fused-ring (bicyclic) bond motifs is 2. The number of pyridine rings is 2. The molecule has 3 aromatic heterocycles. The second kappa shape index (κ2) is 7.94. The highest BCUT2D eigenvalue weighted by Crippen LogP contribution is 2.15. The van der Waals surface area contributed by atoms with Crippen LogP contribution in [0.2, 0.25) is 0 Å². The van der Waals surface area contributed by atoms with E-state index in [1.54, 1.807) is 29.0 Å². The summed E-state index contributed by atoms with van der Waals surface area (Å²) < 4.78 is 3.25. The summed E-state index contributed by atoms with van der Waals surface area (Å²) in [5.41, 5.74) is 8.62. The molecule has 1 aromatic carbocycles. The summed E-state index contributed by atoms with van der Waals surface area (Å²) in [4.78, 5) is 30.6. The number of nitrogen functional groups attached to an aromatic ring is 1. The Morgan fingerprint density at radius 2 is 1.90 bits per heavy atom. The van der Waals surface area contributed by atoms with Crippen LogP contribution in [0.5, 0.6) is 0 Å². The average Bonchev–Trinajstić information content (AvgIpc) is 2.73. The van der Waals surface area contributed by atoms with Gasteiger partial charge in [0.25, 0.3) is 17.1 Å². The fourth-order valence-corrected chi connectivity index (χ4v) is 3.53. The van der Waals surface area contributed by atoms with E-state index in [0.29, 0.717) is 35.5 Å². The second-order valence-corrected chi connectivity index (χ2v) is 7.54. The summed E-state index contributed by atoms with van der Waals surface area (Å²) >= 11 is 0. The Hall–Kier alpha value is -3.74. The predicted octanol–water partition coefficient (Wildman–Crippen LogP) is 2.10. The molecule has 3 heterocycles. The molecule has 0 unspecified atom stereocenters. The largest absolute Gasteiger partial charge is 0.350 e. The number of amides is 1. The lowest BCUT2D eigenvalue weighted by atomic mass is 10.1. The first kappa shape index (κ1) is 19.6. The zero-order valence-corrected chi connectivity index (χ0v) is 17.0. The minimum Gasteiger partial charge on any atom is -0.350 e. The molecule has 0 fully saturated rings. The van der Waals surface area contributed by atoms with Gasteiger partial charge in [-0.15, -0.1) is 0 Å². The molecule has 0 saturated carbocycles. The molecule has 30 heavy (non-hydrogen) atoms. The summed E-state index contributed by atoms with van der Waals surface area (Å²) in [6, 6.07) is 16.9. The Morgan fingerprint density at radius 3 is 2.63 bits per heavy atom. The van der Waals surface area contributed by atoms with E-state index in [9.17, 15) is 9.59 Å². The van der Waals surface area contributed by atoms with Crippen molar-refractivity contribution >= 4 is 28.4 Å². The van der Waals surface area contributed by atoms with Gasteiger partial charge in [0.1, 0.15) is 10.9 Å². The highest BCUT2D eigenvalue weighted by Gasteiger charge is 2.24. The van der Waals surface area contributed by atoms with Crippen LogP contribution in [0.25, 0.3) is 16.7 Å². The smallest absolute Gasteiger partial charge is 0.278 e. The maximum Gasteiger partial charge on any atom is 0.278 e. The topological polar surface area (TPSA) is 93.4 Å². The Morgan fingerprint density at radius 1 is 1.17 bits per heavy atom. The van der Waals surface area contributed by atoms with Crippen molar-refractivity contribution in [1.29, 1.82) is 0 Å². The standard InChI is InChI=1S/C23H23N5O2/c1-15(2)25-22(29)17-14-18-21(26-19-10-6-7-12-27(19)23(18)30)28(20(17)24)13-11-16-8-4-3-5-9-16/h3-10,12,14-15,24H,11,13H2,1-2H3,(H,25,29)/p+1. The van der Waals surface area contributed by atoms with Gasteiger partial charge in [-0.05, 0) is 37.6 Å². The summed E-state index contributed by atoms with van der Waals surface area (Å²) in [5.74, 6) is -0.0146. The van der Waals surface area contributed by atoms with Crippen molar-refractivity contribution in [3.05, 3.63) is 82.3 Å². The van der Waals surface area contributed by atoms with Crippen molar-refractivity contribution in [3.63, 3.8) is 0 Å². The van der Waals surface area contributed by atoms with Crippen LogP contribution in [0, 0.1) is 0 Å². The van der Waals surface area contributed by atoms with Gasteiger partial charge in [-0.1, -0.05) is 41.4 Å². The monoisotopic (exact) mass is 402 g/mol. The van der Waals surface area contributed by atoms with Gasteiger partial charge < -0.3 is 11.1 Å². The number of nitrogens with zero attached hydrogens (tertiary/aromatic N) is 3. The van der Waals surface area contributed by atoms with Crippen LogP contribution in [0.3, 0.4) is 0 Å². The van der Waals surface area contributed by atoms with E-state index in [1.807, 2.05) is 50.2 Å². The summed E-state index contributed by atoms with van der Waals surface area (Å²) in [7, 11) is 0. The molecule has 0 atom stereocenters. The van der Waals surface area contributed by atoms with E-state index < -0.39 is 0 Å². The molecule has 3 N–H and O–H groups in total. The number of rotatable bonds is 5. The van der Waals surface area contributed by atoms with Crippen molar-refractivity contribution in [2.24, 2.45) is 0 Å². The van der Waals surface area contributed by atoms with E-state index in [-0.39, 0.29) is 23.1 Å². The van der Waals surface area contributed by atoms with Gasteiger partial charge in [-0.25, -0.2) is 4.57 Å². The fraction of sp³-hybridized carbons (Fsp3) is 0.217. The number of aryl methyl sites for hydroxylation is 2. The van der Waals surface area contributed by atoms with E-state index >= 15 is 0 Å². The van der Waals surface area contributed by atoms with Gasteiger partial charge >= 0.3 is 0 Å². The molecule has 0 aliphatic carbocycles. The molecule has 1 amide bonds. The number of nitrogens with two attached hydrogens (primary N) is 1. The molecule has 0 saturated heterocycles. The Bertz CT molecular complexity index is 1300. The number of hydrogen-bond acceptors (Lipinski definition) is 4. The minimum absolute atomic E-state index is 0.0545. The van der Waals surface area contributed by atoms with Gasteiger partial charge in [0.15, 0.2) is 0 Å². The molecule has 0 aliphatic heterocycles. The molecule has 0 bridgehead atoms. The molecule has 0 spiro atoms. The molecule has 4 rings (SSSR count). The van der Waals surface area contributed by atoms with Crippen LogP contribution in [-0.4, -0.2) is 21.3 Å². The quantitative estimate of drug-likeness (QED) is 0.395. The molecule has 0 radical (unpaired) electrons. The zero-order valence-electron chi connectivity index (χ0n) is 17.0. The maximum atomic E-state index is 13.2. The molecule has 152 valence electrons. The Labute approximate surface area is 173 Å². The van der Waals surface area contributed by atoms with Crippen LogP contribution in [0.15, 0.2) is 65.6 Å². The van der Waals surface area contributed by atoms with Crippen LogP contribution in [0.1, 0.15) is 29.8 Å². The van der Waals surface area contributed by atoms with E-state index in [4.69, 9.17) is 5.73 Å². The Balaban J connectivity index is 1.94. The van der Waals surface area contributed by atoms with Crippen molar-refractivity contribution < 1.29 is 9.36 Å². The third-order valence-corrected chi connectivity index (χ3v) is 4.99. The fourth-order valence-electron chi connectivity index (χ4n) is 3.53. The first-order valence-electron chi connectivity index (χ1n) is 9.94. The van der Waals surface area contributed by atoms with Crippen LogP contribution >= 0.6 is 0 Å². The average molecular weight is 402 g/mol. The molecule has 7 heteroatoms. The molecule has 4 aromatic rings. The van der Waals surface area contributed by atoms with Crippen LogP contribution in [-0.2, 0) is 13.0 Å². The van der Waals surface area contributed by atoms with E-state index in [0.717, 1.165) is 5.56 Å². The normalized spacial score (nSPS) is 11.3. The number of carbonyl (C=O) groups excluding carboxylic acids is 1. The molecule has 0 aliphatic rings. The van der Waals surface area contributed by atoms with Crippen molar-refractivity contribution in [2.45, 2.75) is 32.9 Å². The maximum absolute atomic E-state index is 13.2. The third-order valence-electron chi connectivity index (χ3n) is 4.99. The molecular formula is C23H24N5O2+. The SMILES string of the molecule is CC(C)NC(=O)c1cc2c(=O)n3ccccc3nc2[n+](CCc2ccccc2)c1N. The summed E-state index contributed by atoms with van der Waals surface area (Å²) in [5, 5.41) is 3.22. The van der Waals surface area contributed by atoms with Gasteiger partial charge in [-0.3, -0.25) is 14.0 Å². The lowest BCUT2D eigenvalue weighted by Crippen LogP contribution is -2.44. The number of benzene rings is 1. The predicted molar refractivity (Wildman–Crippen MR) is 116 cm³/mol. The third kappa shape index (κ3) is 3.61. The number of anilines is 1. The van der Waals surface area contributed by atoms with Gasteiger partial charge in [-0.2, -0.15) is 0 Å². The van der Waals surface area contributed by atoms with Crippen molar-refractivity contribution in [3.8, 4) is 0 Å². The lowest BCUT2D eigenvalue weighted by Gasteiger charge is -2.13. The number of aromatic nitrogens is 3. The minimum atomic E-state index is -0.310. The number of nitrogens with one attached hydrogen (secondary N) is 1. The van der Waals surface area contributed by atoms with Crippen LogP contribution < -0.4 is 21.2 Å².